The van der Waals surface area contributed by atoms with Crippen molar-refractivity contribution in [3.8, 4) is 5.75 Å². The Labute approximate surface area is 222 Å². The summed E-state index contributed by atoms with van der Waals surface area (Å²) in [6, 6.07) is 4.95. The largest absolute Gasteiger partial charge is 0.476 e. The van der Waals surface area contributed by atoms with Gasteiger partial charge in [-0.1, -0.05) is 11.6 Å². The number of fused-ring (bicyclic) bond motifs is 2. The minimum atomic E-state index is -4.53. The van der Waals surface area contributed by atoms with Crippen LogP contribution in [-0.4, -0.2) is 52.7 Å². The lowest BCUT2D eigenvalue weighted by atomic mass is 9.96. The Bertz CT molecular complexity index is 1180. The van der Waals surface area contributed by atoms with Crippen LogP contribution < -0.4 is 20.3 Å². The first-order chi connectivity index (χ1) is 17.7. The molecule has 2 bridgehead atoms. The van der Waals surface area contributed by atoms with Crippen LogP contribution in [0.2, 0.25) is 5.02 Å². The number of nitrogens with one attached hydrogen (secondary N) is 2. The molecule has 3 heterocycles. The fourth-order valence-electron chi connectivity index (χ4n) is 4.94. The molecule has 7 nitrogen and oxygen atoms in total. The summed E-state index contributed by atoms with van der Waals surface area (Å²) < 4.78 is 57.4. The molecule has 2 aromatic rings. The van der Waals surface area contributed by atoms with Crippen LogP contribution in [0, 0.1) is 5.82 Å². The molecule has 0 radical (unpaired) electrons. The van der Waals surface area contributed by atoms with E-state index in [2.05, 4.69) is 15.2 Å². The van der Waals surface area contributed by atoms with Gasteiger partial charge in [0, 0.05) is 24.3 Å². The summed E-state index contributed by atoms with van der Waals surface area (Å²) in [7, 11) is 0. The molecule has 38 heavy (non-hydrogen) atoms. The van der Waals surface area contributed by atoms with Crippen molar-refractivity contribution in [3.05, 3.63) is 52.9 Å². The van der Waals surface area contributed by atoms with E-state index in [1.54, 1.807) is 19.9 Å². The van der Waals surface area contributed by atoms with Crippen molar-refractivity contribution >= 4 is 29.2 Å². The van der Waals surface area contributed by atoms with Crippen LogP contribution in [0.5, 0.6) is 5.75 Å². The van der Waals surface area contributed by atoms with Gasteiger partial charge >= 0.3 is 6.18 Å². The van der Waals surface area contributed by atoms with E-state index >= 15 is 0 Å². The van der Waals surface area contributed by atoms with E-state index in [0.29, 0.717) is 18.7 Å². The van der Waals surface area contributed by atoms with Gasteiger partial charge in [-0.2, -0.15) is 13.2 Å². The lowest BCUT2D eigenvalue weighted by Crippen LogP contribution is -2.55. The average molecular weight is 557 g/mol. The van der Waals surface area contributed by atoms with Crippen molar-refractivity contribution in [1.29, 1.82) is 0 Å². The molecule has 4 atom stereocenters. The van der Waals surface area contributed by atoms with E-state index in [0.717, 1.165) is 25.8 Å². The summed E-state index contributed by atoms with van der Waals surface area (Å²) in [5, 5.41) is 5.07. The van der Waals surface area contributed by atoms with Gasteiger partial charge in [-0.25, -0.2) is 9.37 Å². The number of rotatable bonds is 7. The first-order valence-electron chi connectivity index (χ1n) is 12.3. The molecule has 206 valence electrons. The Balaban J connectivity index is 1.36. The van der Waals surface area contributed by atoms with Gasteiger partial charge in [-0.3, -0.25) is 9.59 Å². The quantitative estimate of drug-likeness (QED) is 0.468. The molecule has 0 aliphatic carbocycles. The molecule has 4 rings (SSSR count). The number of amides is 2. The highest BCUT2D eigenvalue weighted by Crippen LogP contribution is 2.39. The van der Waals surface area contributed by atoms with Crippen molar-refractivity contribution < 1.29 is 31.9 Å². The number of aromatic nitrogens is 1. The van der Waals surface area contributed by atoms with E-state index in [9.17, 15) is 27.2 Å². The molecule has 0 spiro atoms. The number of halogens is 5. The van der Waals surface area contributed by atoms with Crippen LogP contribution in [0.25, 0.3) is 0 Å². The average Bonchev–Trinajstić information content (AvgIpc) is 3.10. The number of pyridine rings is 1. The summed E-state index contributed by atoms with van der Waals surface area (Å²) in [6.45, 7) is 4.11. The number of anilines is 1. The van der Waals surface area contributed by atoms with Gasteiger partial charge in [0.05, 0.1) is 10.6 Å². The fraction of sp³-hybridized carbons (Fsp3) is 0.500. The van der Waals surface area contributed by atoms with E-state index in [4.69, 9.17) is 16.3 Å². The Hall–Kier alpha value is -3.08. The lowest BCUT2D eigenvalue weighted by Gasteiger charge is -2.40. The number of carbonyl (C=O) groups is 2. The summed E-state index contributed by atoms with van der Waals surface area (Å²) in [6.07, 6.45) is -0.117. The van der Waals surface area contributed by atoms with Crippen LogP contribution in [0.4, 0.5) is 23.4 Å². The molecule has 2 aliphatic heterocycles. The maximum Gasteiger partial charge on any atom is 0.408 e. The molecule has 2 N–H and O–H groups in total. The molecule has 12 heteroatoms. The maximum absolute atomic E-state index is 13.3. The van der Waals surface area contributed by atoms with Crippen LogP contribution in [0.1, 0.15) is 56.8 Å². The molecule has 2 fully saturated rings. The monoisotopic (exact) mass is 556 g/mol. The molecule has 2 amide bonds. The molecular formula is C26H29ClF4N4O3. The second-order valence-corrected chi connectivity index (χ2v) is 10.7. The highest BCUT2D eigenvalue weighted by atomic mass is 35.5. The third-order valence-corrected chi connectivity index (χ3v) is 7.28. The second-order valence-electron chi connectivity index (χ2n) is 10.3. The zero-order valence-corrected chi connectivity index (χ0v) is 21.9. The number of piperidine rings is 1. The number of nitrogens with zero attached hydrogens (tertiary/aromatic N) is 2. The number of benzene rings is 1. The van der Waals surface area contributed by atoms with Crippen LogP contribution >= 0.6 is 11.6 Å². The van der Waals surface area contributed by atoms with Gasteiger partial charge < -0.3 is 20.3 Å². The van der Waals surface area contributed by atoms with Crippen LogP contribution in [0.15, 0.2) is 36.5 Å². The van der Waals surface area contributed by atoms with Crippen LogP contribution in [-0.2, 0) is 4.79 Å². The molecular weight excluding hydrogens is 528 g/mol. The number of hydrogen-bond donors (Lipinski definition) is 2. The summed E-state index contributed by atoms with van der Waals surface area (Å²) in [5.74, 6) is -0.825. The molecule has 2 saturated heterocycles. The summed E-state index contributed by atoms with van der Waals surface area (Å²) in [4.78, 5) is 31.7. The first-order valence-corrected chi connectivity index (χ1v) is 12.7. The smallest absolute Gasteiger partial charge is 0.408 e. The molecule has 1 aromatic carbocycles. The maximum atomic E-state index is 13.3. The van der Waals surface area contributed by atoms with Crippen molar-refractivity contribution in [2.75, 3.05) is 4.90 Å². The van der Waals surface area contributed by atoms with Crippen molar-refractivity contribution in [1.82, 2.24) is 15.6 Å². The standard InChI is InChI=1S/C26H29ClF4N4O3/c1-14(26(29,30)31)33-23(36)15-4-9-22(32-13-15)35-18-6-7-19(35)12-17(11-18)34-24(37)25(2,3)38-21-8-5-16(28)10-20(21)27/h4-5,8-10,13-14,17-19H,6-7,11-12H2,1-3H3,(H,33,36)(H,34,37)/t14-,17-,18+,19-/m1/s1. The Morgan fingerprint density at radius 2 is 1.79 bits per heavy atom. The van der Waals surface area contributed by atoms with Crippen molar-refractivity contribution in [2.24, 2.45) is 0 Å². The zero-order chi connectivity index (χ0) is 27.8. The van der Waals surface area contributed by atoms with Gasteiger partial charge in [-0.05, 0) is 76.8 Å². The topological polar surface area (TPSA) is 83.6 Å². The fourth-order valence-corrected chi connectivity index (χ4v) is 5.15. The van der Waals surface area contributed by atoms with Gasteiger partial charge in [0.2, 0.25) is 0 Å². The zero-order valence-electron chi connectivity index (χ0n) is 21.1. The summed E-state index contributed by atoms with van der Waals surface area (Å²) >= 11 is 6.04. The predicted octanol–water partition coefficient (Wildman–Crippen LogP) is 5.03. The second kappa shape index (κ2) is 10.6. The molecule has 1 aromatic heterocycles. The number of hydrogen-bond acceptors (Lipinski definition) is 5. The normalized spacial score (nSPS) is 22.1. The number of alkyl halides is 3. The molecule has 0 unspecified atom stereocenters. The van der Waals surface area contributed by atoms with Gasteiger partial charge in [0.25, 0.3) is 11.8 Å². The molecule has 2 aliphatic rings. The minimum absolute atomic E-state index is 0.0443. The summed E-state index contributed by atoms with van der Waals surface area (Å²) in [5.41, 5.74) is -1.21. The highest BCUT2D eigenvalue weighted by molar-refractivity contribution is 6.32. The van der Waals surface area contributed by atoms with Gasteiger partial charge in [0.15, 0.2) is 5.60 Å². The predicted molar refractivity (Wildman–Crippen MR) is 134 cm³/mol. The lowest BCUT2D eigenvalue weighted by molar-refractivity contribution is -0.149. The first kappa shape index (κ1) is 27.9. The Kier molecular flexibility index (Phi) is 7.79. The Morgan fingerprint density at radius 1 is 1.13 bits per heavy atom. The van der Waals surface area contributed by atoms with Crippen molar-refractivity contribution in [3.63, 3.8) is 0 Å². The number of carbonyl (C=O) groups excluding carboxylic acids is 2. The van der Waals surface area contributed by atoms with E-state index in [-0.39, 0.29) is 40.4 Å². The van der Waals surface area contributed by atoms with E-state index < -0.39 is 29.5 Å². The SMILES string of the molecule is C[C@@H](NC(=O)c1ccc(N2[C@@H]3CC[C@H]2C[C@@H](NC(=O)C(C)(C)Oc2ccc(F)cc2Cl)C3)nc1)C(F)(F)F. The third-order valence-electron chi connectivity index (χ3n) is 6.99. The van der Waals surface area contributed by atoms with Crippen molar-refractivity contribution in [2.45, 2.75) is 82.4 Å². The highest BCUT2D eigenvalue weighted by Gasteiger charge is 2.43. The van der Waals surface area contributed by atoms with E-state index in [1.807, 2.05) is 5.32 Å². The minimum Gasteiger partial charge on any atom is -0.476 e. The molecule has 0 saturated carbocycles. The van der Waals surface area contributed by atoms with Gasteiger partial charge in [0.1, 0.15) is 23.4 Å². The van der Waals surface area contributed by atoms with Gasteiger partial charge in [-0.15, -0.1) is 0 Å². The van der Waals surface area contributed by atoms with Crippen LogP contribution in [0.3, 0.4) is 0 Å². The number of ether oxygens (including phenoxy) is 1. The Morgan fingerprint density at radius 3 is 2.34 bits per heavy atom. The third kappa shape index (κ3) is 6.14. The van der Waals surface area contributed by atoms with E-state index in [1.165, 1.54) is 24.4 Å².